The van der Waals surface area contributed by atoms with E-state index < -0.39 is 5.91 Å². The SMILES string of the molecule is CC1C(=C=O)NCCN1c1nc2cc(Cl)cc(-c3ncc(C(N)=O)s3)c2o1. The predicted molar refractivity (Wildman–Crippen MR) is 103 cm³/mol. The molecule has 1 aromatic carbocycles. The number of benzene rings is 1. The second kappa shape index (κ2) is 6.70. The number of primary amides is 1. The van der Waals surface area contributed by atoms with Gasteiger partial charge in [0.25, 0.3) is 11.9 Å². The van der Waals surface area contributed by atoms with Crippen molar-refractivity contribution >= 4 is 51.9 Å². The minimum absolute atomic E-state index is 0.246. The molecule has 1 fully saturated rings. The summed E-state index contributed by atoms with van der Waals surface area (Å²) in [7, 11) is 0. The Kier molecular flexibility index (Phi) is 4.35. The summed E-state index contributed by atoms with van der Waals surface area (Å²) < 4.78 is 6.02. The number of carbonyl (C=O) groups excluding carboxylic acids is 2. The third-order valence-corrected chi connectivity index (χ3v) is 5.59. The van der Waals surface area contributed by atoms with Crippen molar-refractivity contribution in [3.05, 3.63) is 33.9 Å². The van der Waals surface area contributed by atoms with Crippen LogP contribution < -0.4 is 16.0 Å². The van der Waals surface area contributed by atoms with E-state index in [0.717, 1.165) is 11.3 Å². The molecule has 0 aliphatic carbocycles. The molecule has 8 nitrogen and oxygen atoms in total. The van der Waals surface area contributed by atoms with E-state index in [1.165, 1.54) is 6.20 Å². The molecule has 1 saturated heterocycles. The molecule has 1 aliphatic heterocycles. The maximum absolute atomic E-state index is 11.4. The summed E-state index contributed by atoms with van der Waals surface area (Å²) in [5.74, 6) is 1.37. The van der Waals surface area contributed by atoms with Crippen LogP contribution in [0.4, 0.5) is 6.01 Å². The summed E-state index contributed by atoms with van der Waals surface area (Å²) in [5.41, 5.74) is 7.46. The van der Waals surface area contributed by atoms with Gasteiger partial charge >= 0.3 is 0 Å². The zero-order valence-corrected chi connectivity index (χ0v) is 15.7. The molecule has 1 amide bonds. The van der Waals surface area contributed by atoms with Crippen LogP contribution >= 0.6 is 22.9 Å². The van der Waals surface area contributed by atoms with Crippen LogP contribution in [0.1, 0.15) is 16.6 Å². The molecule has 3 N–H and O–H groups in total. The Hall–Kier alpha value is -2.87. The summed E-state index contributed by atoms with van der Waals surface area (Å²) >= 11 is 7.39. The van der Waals surface area contributed by atoms with Crippen molar-refractivity contribution in [3.63, 3.8) is 0 Å². The highest BCUT2D eigenvalue weighted by Gasteiger charge is 2.28. The maximum Gasteiger partial charge on any atom is 0.299 e. The number of amides is 1. The number of nitrogens with two attached hydrogens (primary N) is 1. The van der Waals surface area contributed by atoms with Crippen LogP contribution in [0, 0.1) is 0 Å². The van der Waals surface area contributed by atoms with Gasteiger partial charge in [-0.15, -0.1) is 11.3 Å². The standard InChI is InChI=1S/C17H14ClN5O3S/c1-8-12(7-24)20-2-3-23(8)17-22-11-5-9(18)4-10(14(11)26-17)16-21-6-13(27-16)15(19)25/h4-6,8,20H,2-3H2,1H3,(H2,19,25). The fraction of sp³-hybridized carbons (Fsp3) is 0.235. The van der Waals surface area contributed by atoms with Gasteiger partial charge in [-0.2, -0.15) is 4.98 Å². The number of anilines is 1. The molecule has 0 spiro atoms. The molecule has 3 heterocycles. The molecular formula is C17H14ClN5O3S. The molecule has 2 aromatic heterocycles. The van der Waals surface area contributed by atoms with Gasteiger partial charge in [0.15, 0.2) is 5.58 Å². The third-order valence-electron chi connectivity index (χ3n) is 4.33. The van der Waals surface area contributed by atoms with E-state index in [-0.39, 0.29) is 6.04 Å². The molecule has 138 valence electrons. The zero-order chi connectivity index (χ0) is 19.1. The molecule has 4 rings (SSSR count). The van der Waals surface area contributed by atoms with Crippen LogP contribution in [0.5, 0.6) is 0 Å². The lowest BCUT2D eigenvalue weighted by Crippen LogP contribution is -2.48. The van der Waals surface area contributed by atoms with Crippen molar-refractivity contribution in [2.75, 3.05) is 18.0 Å². The van der Waals surface area contributed by atoms with Crippen molar-refractivity contribution in [1.82, 2.24) is 15.3 Å². The Bertz CT molecular complexity index is 1100. The first-order valence-corrected chi connectivity index (χ1v) is 9.29. The number of aromatic nitrogens is 2. The van der Waals surface area contributed by atoms with Gasteiger partial charge in [0.2, 0.25) is 0 Å². The first-order valence-electron chi connectivity index (χ1n) is 8.09. The molecule has 0 saturated carbocycles. The van der Waals surface area contributed by atoms with Gasteiger partial charge in [0, 0.05) is 18.1 Å². The van der Waals surface area contributed by atoms with Gasteiger partial charge in [0.1, 0.15) is 27.0 Å². The Balaban J connectivity index is 1.82. The molecule has 1 unspecified atom stereocenters. The lowest BCUT2D eigenvalue weighted by molar-refractivity contribution is 0.100. The number of rotatable bonds is 3. The van der Waals surface area contributed by atoms with Crippen LogP contribution in [-0.2, 0) is 4.79 Å². The Morgan fingerprint density at radius 3 is 3.04 bits per heavy atom. The minimum atomic E-state index is -0.543. The number of hydrogen-bond acceptors (Lipinski definition) is 8. The van der Waals surface area contributed by atoms with Gasteiger partial charge in [-0.05, 0) is 19.1 Å². The predicted octanol–water partition coefficient (Wildman–Crippen LogP) is 2.22. The highest BCUT2D eigenvalue weighted by atomic mass is 35.5. The number of nitrogens with one attached hydrogen (secondary N) is 1. The molecule has 0 radical (unpaired) electrons. The summed E-state index contributed by atoms with van der Waals surface area (Å²) in [4.78, 5) is 33.5. The number of thiazole rings is 1. The highest BCUT2D eigenvalue weighted by Crippen LogP contribution is 2.37. The summed E-state index contributed by atoms with van der Waals surface area (Å²) in [6, 6.07) is 3.53. The highest BCUT2D eigenvalue weighted by molar-refractivity contribution is 7.17. The van der Waals surface area contributed by atoms with E-state index in [1.807, 2.05) is 17.8 Å². The van der Waals surface area contributed by atoms with Crippen molar-refractivity contribution < 1.29 is 14.0 Å². The first-order chi connectivity index (χ1) is 13.0. The molecule has 27 heavy (non-hydrogen) atoms. The van der Waals surface area contributed by atoms with Crippen LogP contribution in [0.25, 0.3) is 21.7 Å². The van der Waals surface area contributed by atoms with Gasteiger partial charge in [0.05, 0.1) is 17.8 Å². The van der Waals surface area contributed by atoms with E-state index in [9.17, 15) is 9.59 Å². The summed E-state index contributed by atoms with van der Waals surface area (Å²) in [5, 5.41) is 4.04. The molecule has 1 atom stereocenters. The van der Waals surface area contributed by atoms with Crippen LogP contribution in [0.3, 0.4) is 0 Å². The van der Waals surface area contributed by atoms with Crippen LogP contribution in [-0.4, -0.2) is 40.9 Å². The van der Waals surface area contributed by atoms with E-state index >= 15 is 0 Å². The average molecular weight is 404 g/mol. The normalized spacial score (nSPS) is 17.0. The maximum atomic E-state index is 11.4. The topological polar surface area (TPSA) is 114 Å². The molecule has 10 heteroatoms. The van der Waals surface area contributed by atoms with Crippen molar-refractivity contribution in [3.8, 4) is 10.6 Å². The average Bonchev–Trinajstić information content (AvgIpc) is 3.28. The van der Waals surface area contributed by atoms with E-state index in [2.05, 4.69) is 15.3 Å². The molecule has 0 bridgehead atoms. The largest absolute Gasteiger partial charge is 0.423 e. The third kappa shape index (κ3) is 3.06. The smallest absolute Gasteiger partial charge is 0.299 e. The van der Waals surface area contributed by atoms with Crippen molar-refractivity contribution in [1.29, 1.82) is 0 Å². The fourth-order valence-electron chi connectivity index (χ4n) is 2.97. The Morgan fingerprint density at radius 2 is 2.33 bits per heavy atom. The van der Waals surface area contributed by atoms with Gasteiger partial charge < -0.3 is 20.4 Å². The Morgan fingerprint density at radius 1 is 1.52 bits per heavy atom. The van der Waals surface area contributed by atoms with E-state index in [0.29, 0.717) is 56.4 Å². The van der Waals surface area contributed by atoms with Gasteiger partial charge in [-0.25, -0.2) is 9.78 Å². The summed E-state index contributed by atoms with van der Waals surface area (Å²) in [6.07, 6.45) is 1.42. The number of fused-ring (bicyclic) bond motifs is 1. The Labute approximate surface area is 162 Å². The van der Waals surface area contributed by atoms with Crippen LogP contribution in [0.2, 0.25) is 5.02 Å². The van der Waals surface area contributed by atoms with Gasteiger partial charge in [-0.1, -0.05) is 11.6 Å². The number of carbonyl (C=O) groups is 1. The van der Waals surface area contributed by atoms with E-state index in [4.69, 9.17) is 21.8 Å². The fourth-order valence-corrected chi connectivity index (χ4v) is 3.97. The number of piperazine rings is 1. The van der Waals surface area contributed by atoms with E-state index in [1.54, 1.807) is 12.1 Å². The van der Waals surface area contributed by atoms with Crippen molar-refractivity contribution in [2.24, 2.45) is 5.73 Å². The minimum Gasteiger partial charge on any atom is -0.423 e. The number of halogens is 1. The second-order valence-electron chi connectivity index (χ2n) is 6.00. The number of oxazole rings is 1. The number of hydrogen-bond donors (Lipinski definition) is 2. The molecular weight excluding hydrogens is 390 g/mol. The number of nitrogens with zero attached hydrogens (tertiary/aromatic N) is 3. The van der Waals surface area contributed by atoms with Crippen molar-refractivity contribution in [2.45, 2.75) is 13.0 Å². The lowest BCUT2D eigenvalue weighted by Gasteiger charge is -2.33. The monoisotopic (exact) mass is 403 g/mol. The molecule has 1 aliphatic rings. The quantitative estimate of drug-likeness (QED) is 0.644. The first kappa shape index (κ1) is 17.5. The molecule has 3 aromatic rings. The second-order valence-corrected chi connectivity index (χ2v) is 7.47. The van der Waals surface area contributed by atoms with Crippen LogP contribution in [0.15, 0.2) is 28.4 Å². The van der Waals surface area contributed by atoms with Gasteiger partial charge in [-0.3, -0.25) is 4.79 Å². The zero-order valence-electron chi connectivity index (χ0n) is 14.2. The summed E-state index contributed by atoms with van der Waals surface area (Å²) in [6.45, 7) is 3.07. The lowest BCUT2D eigenvalue weighted by atomic mass is 10.2.